The zero-order chi connectivity index (χ0) is 21.7. The fraction of sp³-hybridized carbons (Fsp3) is 0.350. The topological polar surface area (TPSA) is 119 Å². The van der Waals surface area contributed by atoms with Crippen molar-refractivity contribution in [3.05, 3.63) is 73.8 Å². The van der Waals surface area contributed by atoms with Crippen molar-refractivity contribution in [2.24, 2.45) is 0 Å². The number of nitro groups is 2. The maximum atomic E-state index is 12.0. The number of carbonyl (C=O) groups excluding carboxylic acids is 1. The fourth-order valence-corrected chi connectivity index (χ4v) is 3.51. The first-order valence-corrected chi connectivity index (χ1v) is 9.56. The summed E-state index contributed by atoms with van der Waals surface area (Å²) in [4.78, 5) is 37.8. The van der Waals surface area contributed by atoms with Gasteiger partial charge in [-0.3, -0.25) is 25.1 Å². The molecule has 3 rings (SSSR count). The molecule has 1 fully saturated rings. The van der Waals surface area contributed by atoms with Crippen LogP contribution >= 0.6 is 0 Å². The number of benzene rings is 2. The normalized spacial score (nSPS) is 14.4. The monoisotopic (exact) mass is 414 g/mol. The molecule has 1 aliphatic rings. The van der Waals surface area contributed by atoms with Crippen LogP contribution in [0.1, 0.15) is 22.8 Å². The third kappa shape index (κ3) is 4.71. The highest BCUT2D eigenvalue weighted by atomic mass is 16.6. The molecule has 2 aromatic rings. The summed E-state index contributed by atoms with van der Waals surface area (Å²) in [6.45, 7) is 4.38. The summed E-state index contributed by atoms with van der Waals surface area (Å²) in [6, 6.07) is 12.0. The van der Waals surface area contributed by atoms with E-state index >= 15 is 0 Å². The summed E-state index contributed by atoms with van der Waals surface area (Å²) in [6.07, 6.45) is 0. The third-order valence-corrected chi connectivity index (χ3v) is 4.91. The molecule has 0 bridgehead atoms. The first-order chi connectivity index (χ1) is 14.4. The Bertz CT molecular complexity index is 907. The molecule has 0 aromatic heterocycles. The van der Waals surface area contributed by atoms with Crippen LogP contribution in [-0.4, -0.2) is 53.5 Å². The first kappa shape index (κ1) is 21.2. The number of anilines is 1. The highest BCUT2D eigenvalue weighted by Gasteiger charge is 2.34. The molecule has 0 amide bonds. The van der Waals surface area contributed by atoms with Gasteiger partial charge in [0.25, 0.3) is 0 Å². The lowest BCUT2D eigenvalue weighted by Crippen LogP contribution is -2.46. The molecule has 2 aromatic carbocycles. The lowest BCUT2D eigenvalue weighted by atomic mass is 10.1. The number of piperazine rings is 1. The average Bonchev–Trinajstić information content (AvgIpc) is 2.74. The second-order valence-corrected chi connectivity index (χ2v) is 6.85. The van der Waals surface area contributed by atoms with Gasteiger partial charge in [-0.05, 0) is 12.5 Å². The molecule has 10 heteroatoms. The van der Waals surface area contributed by atoms with Crippen molar-refractivity contribution in [3.8, 4) is 0 Å². The Hall–Kier alpha value is -3.53. The first-order valence-electron chi connectivity index (χ1n) is 9.56. The predicted octanol–water partition coefficient (Wildman–Crippen LogP) is 3.00. The number of hydrogen-bond donors (Lipinski definition) is 0. The molecule has 10 nitrogen and oxygen atoms in total. The number of hydrogen-bond acceptors (Lipinski definition) is 8. The molecule has 30 heavy (non-hydrogen) atoms. The van der Waals surface area contributed by atoms with Gasteiger partial charge >= 0.3 is 17.3 Å². The molecule has 0 N–H and O–H groups in total. The molecule has 1 aliphatic heterocycles. The SMILES string of the molecule is CCOC(=O)c1cc([N+](=O)[O-])c(N2CCN(Cc3ccccc3)CC2)c([N+](=O)[O-])c1. The quantitative estimate of drug-likeness (QED) is 0.385. The Kier molecular flexibility index (Phi) is 6.58. The van der Waals surface area contributed by atoms with Crippen LogP contribution in [0.3, 0.4) is 0 Å². The number of nitro benzene ring substituents is 2. The largest absolute Gasteiger partial charge is 0.462 e. The second-order valence-electron chi connectivity index (χ2n) is 6.85. The molecule has 0 radical (unpaired) electrons. The highest BCUT2D eigenvalue weighted by Crippen LogP contribution is 2.39. The zero-order valence-electron chi connectivity index (χ0n) is 16.5. The minimum Gasteiger partial charge on any atom is -0.462 e. The maximum absolute atomic E-state index is 12.0. The highest BCUT2D eigenvalue weighted by molar-refractivity contribution is 5.94. The van der Waals surface area contributed by atoms with Gasteiger partial charge < -0.3 is 9.64 Å². The van der Waals surface area contributed by atoms with Crippen LogP contribution in [0.5, 0.6) is 0 Å². The summed E-state index contributed by atoms with van der Waals surface area (Å²) in [7, 11) is 0. The summed E-state index contributed by atoms with van der Waals surface area (Å²) in [5, 5.41) is 23.3. The van der Waals surface area contributed by atoms with E-state index in [2.05, 4.69) is 4.90 Å². The second kappa shape index (κ2) is 9.31. The van der Waals surface area contributed by atoms with Gasteiger partial charge in [-0.15, -0.1) is 0 Å². The molecule has 0 aliphatic carbocycles. The van der Waals surface area contributed by atoms with Crippen molar-refractivity contribution < 1.29 is 19.4 Å². The third-order valence-electron chi connectivity index (χ3n) is 4.91. The van der Waals surface area contributed by atoms with Crippen molar-refractivity contribution in [1.82, 2.24) is 4.90 Å². The minimum absolute atomic E-state index is 0.0611. The molecule has 0 saturated carbocycles. The van der Waals surface area contributed by atoms with Crippen LogP contribution in [-0.2, 0) is 11.3 Å². The molecule has 0 atom stereocenters. The average molecular weight is 414 g/mol. The van der Waals surface area contributed by atoms with E-state index < -0.39 is 27.2 Å². The lowest BCUT2D eigenvalue weighted by molar-refractivity contribution is -0.392. The van der Waals surface area contributed by atoms with Gasteiger partial charge in [0.15, 0.2) is 5.69 Å². The number of esters is 1. The van der Waals surface area contributed by atoms with E-state index in [0.29, 0.717) is 26.2 Å². The summed E-state index contributed by atoms with van der Waals surface area (Å²) in [5.41, 5.74) is -0.0617. The molecule has 1 saturated heterocycles. The van der Waals surface area contributed by atoms with Crippen LogP contribution in [0.15, 0.2) is 42.5 Å². The van der Waals surface area contributed by atoms with Crippen LogP contribution in [0.4, 0.5) is 17.1 Å². The van der Waals surface area contributed by atoms with Gasteiger partial charge in [-0.2, -0.15) is 0 Å². The van der Waals surface area contributed by atoms with E-state index in [1.54, 1.807) is 11.8 Å². The zero-order valence-corrected chi connectivity index (χ0v) is 16.5. The summed E-state index contributed by atoms with van der Waals surface area (Å²) < 4.78 is 4.85. The molecule has 0 unspecified atom stereocenters. The Labute approximate surface area is 173 Å². The number of nitrogens with zero attached hydrogens (tertiary/aromatic N) is 4. The van der Waals surface area contributed by atoms with Crippen LogP contribution < -0.4 is 4.90 Å². The van der Waals surface area contributed by atoms with Crippen molar-refractivity contribution >= 4 is 23.0 Å². The standard InChI is InChI=1S/C20H22N4O6/c1-2-30-20(25)16-12-17(23(26)27)19(18(13-16)24(28)29)22-10-8-21(9-11-22)14-15-6-4-3-5-7-15/h3-7,12-13H,2,8-11,14H2,1H3. The van der Waals surface area contributed by atoms with Crippen molar-refractivity contribution in [1.29, 1.82) is 0 Å². The number of rotatable bonds is 7. The van der Waals surface area contributed by atoms with Crippen LogP contribution in [0.25, 0.3) is 0 Å². The van der Waals surface area contributed by atoms with Crippen LogP contribution in [0, 0.1) is 20.2 Å². The Morgan fingerprint density at radius 3 is 2.07 bits per heavy atom. The van der Waals surface area contributed by atoms with Gasteiger partial charge in [0.1, 0.15) is 0 Å². The van der Waals surface area contributed by atoms with E-state index in [-0.39, 0.29) is 17.9 Å². The Morgan fingerprint density at radius 1 is 1.00 bits per heavy atom. The summed E-state index contributed by atoms with van der Waals surface area (Å²) in [5.74, 6) is -0.831. The van der Waals surface area contributed by atoms with Crippen molar-refractivity contribution in [2.45, 2.75) is 13.5 Å². The van der Waals surface area contributed by atoms with E-state index in [9.17, 15) is 25.0 Å². The molecule has 158 valence electrons. The lowest BCUT2D eigenvalue weighted by Gasteiger charge is -2.35. The minimum atomic E-state index is -0.831. The number of ether oxygens (including phenoxy) is 1. The van der Waals surface area contributed by atoms with Crippen molar-refractivity contribution in [3.63, 3.8) is 0 Å². The maximum Gasteiger partial charge on any atom is 0.338 e. The van der Waals surface area contributed by atoms with Gasteiger partial charge in [0.2, 0.25) is 0 Å². The van der Waals surface area contributed by atoms with E-state index in [0.717, 1.165) is 24.2 Å². The fourth-order valence-electron chi connectivity index (χ4n) is 3.51. The van der Waals surface area contributed by atoms with Gasteiger partial charge in [0.05, 0.1) is 22.0 Å². The predicted molar refractivity (Wildman–Crippen MR) is 110 cm³/mol. The molecule has 1 heterocycles. The molecular weight excluding hydrogens is 392 g/mol. The van der Waals surface area contributed by atoms with E-state index in [4.69, 9.17) is 4.74 Å². The molecular formula is C20H22N4O6. The summed E-state index contributed by atoms with van der Waals surface area (Å²) >= 11 is 0. The Morgan fingerprint density at radius 2 is 1.57 bits per heavy atom. The van der Waals surface area contributed by atoms with Gasteiger partial charge in [-0.25, -0.2) is 4.79 Å². The molecule has 0 spiro atoms. The smallest absolute Gasteiger partial charge is 0.338 e. The van der Waals surface area contributed by atoms with Crippen LogP contribution in [0.2, 0.25) is 0 Å². The van der Waals surface area contributed by atoms with E-state index in [1.165, 1.54) is 0 Å². The van der Waals surface area contributed by atoms with Crippen molar-refractivity contribution in [2.75, 3.05) is 37.7 Å². The van der Waals surface area contributed by atoms with E-state index in [1.807, 2.05) is 30.3 Å². The van der Waals surface area contributed by atoms with Gasteiger partial charge in [0, 0.05) is 44.9 Å². The van der Waals surface area contributed by atoms with Gasteiger partial charge in [-0.1, -0.05) is 30.3 Å². The Balaban J connectivity index is 1.86. The number of carbonyl (C=O) groups is 1.